The van der Waals surface area contributed by atoms with Crippen LogP contribution < -0.4 is 9.80 Å². The number of carbonyl (C=O) groups excluding carboxylic acids is 2. The second-order valence-corrected chi connectivity index (χ2v) is 7.50. The summed E-state index contributed by atoms with van der Waals surface area (Å²) in [5.74, 6) is -1.96. The van der Waals surface area contributed by atoms with E-state index >= 15 is 0 Å². The van der Waals surface area contributed by atoms with Gasteiger partial charge in [-0.2, -0.15) is 0 Å². The van der Waals surface area contributed by atoms with E-state index in [1.165, 1.54) is 13.0 Å². The number of para-hydroxylation sites is 1. The van der Waals surface area contributed by atoms with Gasteiger partial charge in [0.1, 0.15) is 6.04 Å². The van der Waals surface area contributed by atoms with E-state index in [4.69, 9.17) is 0 Å². The minimum atomic E-state index is -0.875. The van der Waals surface area contributed by atoms with Gasteiger partial charge in [0.05, 0.1) is 0 Å². The van der Waals surface area contributed by atoms with Crippen LogP contribution in [0, 0.1) is 11.6 Å². The van der Waals surface area contributed by atoms with Crippen molar-refractivity contribution in [1.29, 1.82) is 0 Å². The lowest BCUT2D eigenvalue weighted by Gasteiger charge is -2.29. The second-order valence-electron chi connectivity index (χ2n) is 7.50. The van der Waals surface area contributed by atoms with Crippen molar-refractivity contribution in [2.75, 3.05) is 36.0 Å². The number of carbonyl (C=O) groups is 2. The fourth-order valence-electron chi connectivity index (χ4n) is 4.26. The van der Waals surface area contributed by atoms with Gasteiger partial charge in [-0.25, -0.2) is 8.78 Å². The van der Waals surface area contributed by atoms with Crippen molar-refractivity contribution >= 4 is 23.2 Å². The van der Waals surface area contributed by atoms with Gasteiger partial charge in [0.15, 0.2) is 11.6 Å². The number of hydrogen-bond acceptors (Lipinski definition) is 3. The highest BCUT2D eigenvalue weighted by Crippen LogP contribution is 2.33. The Morgan fingerprint density at radius 2 is 1.76 bits per heavy atom. The molecule has 2 aromatic rings. The average Bonchev–Trinajstić information content (AvgIpc) is 2.93. The number of hydrogen-bond donors (Lipinski definition) is 0. The summed E-state index contributed by atoms with van der Waals surface area (Å²) in [5.41, 5.74) is 2.41. The molecule has 29 heavy (non-hydrogen) atoms. The largest absolute Gasteiger partial charge is 0.370 e. The van der Waals surface area contributed by atoms with Crippen molar-refractivity contribution in [3.63, 3.8) is 0 Å². The lowest BCUT2D eigenvalue weighted by atomic mass is 10.1. The van der Waals surface area contributed by atoms with E-state index in [9.17, 15) is 18.4 Å². The highest BCUT2D eigenvalue weighted by Gasteiger charge is 2.39. The first kappa shape index (κ1) is 19.4. The van der Waals surface area contributed by atoms with E-state index in [2.05, 4.69) is 0 Å². The third-order valence-electron chi connectivity index (χ3n) is 5.68. The Morgan fingerprint density at radius 3 is 2.52 bits per heavy atom. The van der Waals surface area contributed by atoms with Crippen LogP contribution in [0.1, 0.15) is 18.9 Å². The van der Waals surface area contributed by atoms with Gasteiger partial charge in [-0.1, -0.05) is 18.2 Å². The minimum absolute atomic E-state index is 0.0662. The molecule has 2 heterocycles. The van der Waals surface area contributed by atoms with Crippen LogP contribution in [-0.2, 0) is 16.0 Å². The van der Waals surface area contributed by atoms with E-state index in [1.54, 1.807) is 15.9 Å². The maximum absolute atomic E-state index is 13.6. The van der Waals surface area contributed by atoms with Crippen molar-refractivity contribution in [1.82, 2.24) is 4.90 Å². The molecule has 5 nitrogen and oxygen atoms in total. The molecule has 0 spiro atoms. The van der Waals surface area contributed by atoms with Gasteiger partial charge < -0.3 is 9.80 Å². The normalized spacial score (nSPS) is 19.1. The van der Waals surface area contributed by atoms with Gasteiger partial charge in [-0.15, -0.1) is 0 Å². The van der Waals surface area contributed by atoms with E-state index in [-0.39, 0.29) is 11.8 Å². The quantitative estimate of drug-likeness (QED) is 0.780. The summed E-state index contributed by atoms with van der Waals surface area (Å²) in [6, 6.07) is 10.9. The molecule has 152 valence electrons. The molecule has 0 N–H and O–H groups in total. The molecule has 0 radical (unpaired) electrons. The smallest absolute Gasteiger partial charge is 0.246 e. The maximum Gasteiger partial charge on any atom is 0.246 e. The molecule has 2 aliphatic rings. The summed E-state index contributed by atoms with van der Waals surface area (Å²) in [6.45, 7) is 3.69. The topological polar surface area (TPSA) is 43.9 Å². The summed E-state index contributed by atoms with van der Waals surface area (Å²) in [4.78, 5) is 30.9. The van der Waals surface area contributed by atoms with Gasteiger partial charge in [-0.3, -0.25) is 14.5 Å². The van der Waals surface area contributed by atoms with Gasteiger partial charge in [0.25, 0.3) is 0 Å². The summed E-state index contributed by atoms with van der Waals surface area (Å²) >= 11 is 0. The Hall–Kier alpha value is -2.96. The molecule has 2 aliphatic heterocycles. The molecule has 0 unspecified atom stereocenters. The third kappa shape index (κ3) is 3.69. The van der Waals surface area contributed by atoms with Crippen LogP contribution in [0.3, 0.4) is 0 Å². The number of nitrogens with zero attached hydrogens (tertiary/aromatic N) is 3. The zero-order valence-electron chi connectivity index (χ0n) is 16.3. The highest BCUT2D eigenvalue weighted by atomic mass is 19.2. The molecular formula is C22H23F2N3O2. The molecular weight excluding hydrogens is 376 g/mol. The summed E-state index contributed by atoms with van der Waals surface area (Å²) in [5, 5.41) is 0. The molecule has 0 saturated carbocycles. The Labute approximate surface area is 168 Å². The van der Waals surface area contributed by atoms with Crippen molar-refractivity contribution < 1.29 is 18.4 Å². The molecule has 7 heteroatoms. The Balaban J connectivity index is 1.49. The average molecular weight is 399 g/mol. The van der Waals surface area contributed by atoms with Crippen molar-refractivity contribution in [3.05, 3.63) is 59.7 Å². The number of rotatable bonds is 2. The summed E-state index contributed by atoms with van der Waals surface area (Å²) in [6.07, 6.45) is 1.22. The number of benzene rings is 2. The molecule has 4 rings (SSSR count). The standard InChI is InChI=1S/C22H23F2N3O2/c1-15(28)27-20-6-3-2-5-16(20)13-21(27)22(29)26-10-4-9-25(11-12-26)17-7-8-18(23)19(24)14-17/h2-3,5-8,14,21H,4,9-13H2,1H3/t21-/m0/s1. The highest BCUT2D eigenvalue weighted by molar-refractivity contribution is 6.02. The molecule has 2 amide bonds. The summed E-state index contributed by atoms with van der Waals surface area (Å²) < 4.78 is 26.8. The van der Waals surface area contributed by atoms with Crippen LogP contribution in [0.5, 0.6) is 0 Å². The Kier molecular flexibility index (Phi) is 5.22. The van der Waals surface area contributed by atoms with E-state index in [1.807, 2.05) is 29.2 Å². The number of anilines is 2. The van der Waals surface area contributed by atoms with Crippen LogP contribution in [0.4, 0.5) is 20.2 Å². The molecule has 2 aromatic carbocycles. The lowest BCUT2D eigenvalue weighted by molar-refractivity contribution is -0.134. The Bertz CT molecular complexity index is 949. The van der Waals surface area contributed by atoms with E-state index in [0.717, 1.165) is 17.3 Å². The number of amides is 2. The third-order valence-corrected chi connectivity index (χ3v) is 5.68. The van der Waals surface area contributed by atoms with Crippen LogP contribution in [0.2, 0.25) is 0 Å². The fraction of sp³-hybridized carbons (Fsp3) is 0.364. The van der Waals surface area contributed by atoms with E-state index in [0.29, 0.717) is 44.7 Å². The van der Waals surface area contributed by atoms with Crippen LogP contribution >= 0.6 is 0 Å². The minimum Gasteiger partial charge on any atom is -0.370 e. The monoisotopic (exact) mass is 399 g/mol. The molecule has 1 fully saturated rings. The number of fused-ring (bicyclic) bond motifs is 1. The van der Waals surface area contributed by atoms with Gasteiger partial charge in [0, 0.05) is 57.0 Å². The second kappa shape index (κ2) is 7.81. The van der Waals surface area contributed by atoms with Crippen molar-refractivity contribution in [2.24, 2.45) is 0 Å². The fourth-order valence-corrected chi connectivity index (χ4v) is 4.26. The van der Waals surface area contributed by atoms with Crippen LogP contribution in [0.15, 0.2) is 42.5 Å². The summed E-state index contributed by atoms with van der Waals surface area (Å²) in [7, 11) is 0. The maximum atomic E-state index is 13.6. The lowest BCUT2D eigenvalue weighted by Crippen LogP contribution is -2.50. The van der Waals surface area contributed by atoms with E-state index < -0.39 is 17.7 Å². The first-order valence-electron chi connectivity index (χ1n) is 9.82. The Morgan fingerprint density at radius 1 is 0.966 bits per heavy atom. The predicted octanol–water partition coefficient (Wildman–Crippen LogP) is 2.98. The first-order valence-corrected chi connectivity index (χ1v) is 9.82. The zero-order chi connectivity index (χ0) is 20.5. The molecule has 1 atom stereocenters. The van der Waals surface area contributed by atoms with Gasteiger partial charge >= 0.3 is 0 Å². The SMILES string of the molecule is CC(=O)N1c2ccccc2C[C@H]1C(=O)N1CCCN(c2ccc(F)c(F)c2)CC1. The van der Waals surface area contributed by atoms with Crippen LogP contribution in [0.25, 0.3) is 0 Å². The predicted molar refractivity (Wildman–Crippen MR) is 107 cm³/mol. The first-order chi connectivity index (χ1) is 14.0. The molecule has 0 aromatic heterocycles. The van der Waals surface area contributed by atoms with Gasteiger partial charge in [-0.05, 0) is 30.2 Å². The molecule has 1 saturated heterocycles. The molecule has 0 bridgehead atoms. The zero-order valence-corrected chi connectivity index (χ0v) is 16.3. The van der Waals surface area contributed by atoms with Gasteiger partial charge in [0.2, 0.25) is 11.8 Å². The van der Waals surface area contributed by atoms with Crippen LogP contribution in [-0.4, -0.2) is 48.9 Å². The number of halogens is 2. The van der Waals surface area contributed by atoms with Crippen molar-refractivity contribution in [2.45, 2.75) is 25.8 Å². The molecule has 0 aliphatic carbocycles. The van der Waals surface area contributed by atoms with Crippen molar-refractivity contribution in [3.8, 4) is 0 Å².